The van der Waals surface area contributed by atoms with Gasteiger partial charge in [0.15, 0.2) is 0 Å². The van der Waals surface area contributed by atoms with Crippen molar-refractivity contribution in [2.45, 2.75) is 26.3 Å². The maximum Gasteiger partial charge on any atom is 0.305 e. The highest BCUT2D eigenvalue weighted by atomic mass is 16.5. The molecule has 0 radical (unpaired) electrons. The number of aliphatic carboxylic acids is 1. The first-order valence-electron chi connectivity index (χ1n) is 5.70. The van der Waals surface area contributed by atoms with Gasteiger partial charge < -0.3 is 15.2 Å². The fraction of sp³-hybridized carbons (Fsp3) is 0.462. The van der Waals surface area contributed by atoms with Gasteiger partial charge in [-0.25, -0.2) is 0 Å². The highest BCUT2D eigenvalue weighted by molar-refractivity contribution is 5.68. The lowest BCUT2D eigenvalue weighted by molar-refractivity contribution is -0.137. The fourth-order valence-electron chi connectivity index (χ4n) is 1.77. The first-order chi connectivity index (χ1) is 8.08. The zero-order valence-corrected chi connectivity index (χ0v) is 10.5. The molecule has 0 spiro atoms. The highest BCUT2D eigenvalue weighted by Crippen LogP contribution is 2.24. The van der Waals surface area contributed by atoms with Crippen LogP contribution in [0.1, 0.15) is 30.5 Å². The Morgan fingerprint density at radius 3 is 2.71 bits per heavy atom. The normalized spacial score (nSPS) is 12.2. The first-order valence-corrected chi connectivity index (χ1v) is 5.70. The van der Waals surface area contributed by atoms with E-state index in [9.17, 15) is 4.79 Å². The summed E-state index contributed by atoms with van der Waals surface area (Å²) in [6, 6.07) is 5.60. The van der Waals surface area contributed by atoms with Crippen LogP contribution < -0.4 is 10.1 Å². The topological polar surface area (TPSA) is 58.6 Å². The minimum atomic E-state index is -0.809. The molecule has 0 saturated carbocycles. The van der Waals surface area contributed by atoms with Gasteiger partial charge in [0.05, 0.1) is 13.0 Å². The highest BCUT2D eigenvalue weighted by Gasteiger charge is 2.14. The quantitative estimate of drug-likeness (QED) is 0.795. The van der Waals surface area contributed by atoms with Gasteiger partial charge in [0, 0.05) is 6.04 Å². The van der Waals surface area contributed by atoms with E-state index >= 15 is 0 Å². The van der Waals surface area contributed by atoms with E-state index in [1.54, 1.807) is 7.05 Å². The van der Waals surface area contributed by atoms with Gasteiger partial charge in [0.25, 0.3) is 0 Å². The number of aryl methyl sites for hydroxylation is 1. The maximum atomic E-state index is 10.7. The third-order valence-electron chi connectivity index (χ3n) is 2.63. The van der Waals surface area contributed by atoms with E-state index in [0.29, 0.717) is 6.61 Å². The van der Waals surface area contributed by atoms with Gasteiger partial charge in [-0.15, -0.1) is 0 Å². The molecule has 0 aromatic heterocycles. The van der Waals surface area contributed by atoms with Crippen LogP contribution in [0.5, 0.6) is 5.75 Å². The van der Waals surface area contributed by atoms with E-state index in [2.05, 4.69) is 5.32 Å². The van der Waals surface area contributed by atoms with Gasteiger partial charge in [-0.2, -0.15) is 0 Å². The van der Waals surface area contributed by atoms with Crippen LogP contribution in [0, 0.1) is 6.92 Å². The molecule has 94 valence electrons. The molecule has 0 aliphatic rings. The third kappa shape index (κ3) is 3.75. The Bertz CT molecular complexity index is 390. The Morgan fingerprint density at radius 2 is 2.24 bits per heavy atom. The lowest BCUT2D eigenvalue weighted by Crippen LogP contribution is -2.19. The van der Waals surface area contributed by atoms with Crippen LogP contribution in [0.4, 0.5) is 0 Å². The van der Waals surface area contributed by atoms with E-state index < -0.39 is 5.97 Å². The van der Waals surface area contributed by atoms with Crippen LogP contribution in [0.2, 0.25) is 0 Å². The summed E-state index contributed by atoms with van der Waals surface area (Å²) in [7, 11) is 1.76. The molecule has 1 aromatic rings. The molecule has 2 N–H and O–H groups in total. The van der Waals surface area contributed by atoms with Crippen LogP contribution in [0.3, 0.4) is 0 Å². The summed E-state index contributed by atoms with van der Waals surface area (Å²) < 4.78 is 5.45. The SMILES string of the molecule is CCOc1ccc(C(CC(=O)O)NC)cc1C. The number of rotatable bonds is 6. The Morgan fingerprint density at radius 1 is 1.53 bits per heavy atom. The lowest BCUT2D eigenvalue weighted by Gasteiger charge is -2.16. The molecule has 0 amide bonds. The number of carbonyl (C=O) groups is 1. The Kier molecular flexibility index (Phi) is 4.97. The van der Waals surface area contributed by atoms with Crippen molar-refractivity contribution >= 4 is 5.97 Å². The van der Waals surface area contributed by atoms with Crippen molar-refractivity contribution < 1.29 is 14.6 Å². The second-order valence-corrected chi connectivity index (χ2v) is 3.90. The van der Waals surface area contributed by atoms with Crippen molar-refractivity contribution in [3.8, 4) is 5.75 Å². The van der Waals surface area contributed by atoms with Gasteiger partial charge >= 0.3 is 5.97 Å². The molecule has 0 aliphatic carbocycles. The monoisotopic (exact) mass is 237 g/mol. The number of carboxylic acids is 1. The summed E-state index contributed by atoms with van der Waals surface area (Å²) in [6.45, 7) is 4.53. The Balaban J connectivity index is 2.90. The summed E-state index contributed by atoms with van der Waals surface area (Å²) in [5.41, 5.74) is 1.99. The smallest absolute Gasteiger partial charge is 0.305 e. The molecular weight excluding hydrogens is 218 g/mol. The molecule has 0 bridgehead atoms. The lowest BCUT2D eigenvalue weighted by atomic mass is 10.0. The molecular formula is C13H19NO3. The zero-order valence-electron chi connectivity index (χ0n) is 10.5. The molecule has 0 fully saturated rings. The van der Waals surface area contributed by atoms with Crippen molar-refractivity contribution in [2.24, 2.45) is 0 Å². The minimum absolute atomic E-state index is 0.0733. The Hall–Kier alpha value is -1.55. The van der Waals surface area contributed by atoms with Crippen molar-refractivity contribution in [2.75, 3.05) is 13.7 Å². The second-order valence-electron chi connectivity index (χ2n) is 3.90. The molecule has 4 heteroatoms. The summed E-state index contributed by atoms with van der Waals surface area (Å²) in [5.74, 6) is 0.0392. The number of ether oxygens (including phenoxy) is 1. The van der Waals surface area contributed by atoms with Crippen LogP contribution in [0.25, 0.3) is 0 Å². The summed E-state index contributed by atoms with van der Waals surface area (Å²) in [4.78, 5) is 10.7. The molecule has 1 rings (SSSR count). The van der Waals surface area contributed by atoms with Crippen molar-refractivity contribution in [3.05, 3.63) is 29.3 Å². The first kappa shape index (κ1) is 13.5. The molecule has 17 heavy (non-hydrogen) atoms. The predicted octanol–water partition coefficient (Wildman–Crippen LogP) is 2.13. The van der Waals surface area contributed by atoms with E-state index in [-0.39, 0.29) is 12.5 Å². The largest absolute Gasteiger partial charge is 0.494 e. The van der Waals surface area contributed by atoms with E-state index in [4.69, 9.17) is 9.84 Å². The number of carboxylic acid groups (broad SMARTS) is 1. The van der Waals surface area contributed by atoms with Crippen molar-refractivity contribution in [3.63, 3.8) is 0 Å². The van der Waals surface area contributed by atoms with Gasteiger partial charge in [0.2, 0.25) is 0 Å². The van der Waals surface area contributed by atoms with Crippen molar-refractivity contribution in [1.29, 1.82) is 0 Å². The minimum Gasteiger partial charge on any atom is -0.494 e. The Labute approximate surface area is 102 Å². The molecule has 1 aromatic carbocycles. The number of benzene rings is 1. The molecule has 1 atom stereocenters. The standard InChI is InChI=1S/C13H19NO3/c1-4-17-12-6-5-10(7-9(12)2)11(14-3)8-13(15)16/h5-7,11,14H,4,8H2,1-3H3,(H,15,16). The van der Waals surface area contributed by atoms with Crippen LogP contribution in [-0.2, 0) is 4.79 Å². The number of hydrogen-bond acceptors (Lipinski definition) is 3. The zero-order chi connectivity index (χ0) is 12.8. The number of hydrogen-bond donors (Lipinski definition) is 2. The second kappa shape index (κ2) is 6.25. The summed E-state index contributed by atoms with van der Waals surface area (Å²) in [6.07, 6.45) is 0.0733. The third-order valence-corrected chi connectivity index (χ3v) is 2.63. The van der Waals surface area contributed by atoms with Crippen LogP contribution in [-0.4, -0.2) is 24.7 Å². The molecule has 4 nitrogen and oxygen atoms in total. The summed E-state index contributed by atoms with van der Waals surface area (Å²) in [5, 5.41) is 11.8. The van der Waals surface area contributed by atoms with Gasteiger partial charge in [-0.3, -0.25) is 4.79 Å². The average molecular weight is 237 g/mol. The van der Waals surface area contributed by atoms with E-state index in [1.807, 2.05) is 32.0 Å². The van der Waals surface area contributed by atoms with Crippen LogP contribution in [0.15, 0.2) is 18.2 Å². The van der Waals surface area contributed by atoms with E-state index in [1.165, 1.54) is 0 Å². The summed E-state index contributed by atoms with van der Waals surface area (Å²) >= 11 is 0. The molecule has 0 saturated heterocycles. The van der Waals surface area contributed by atoms with Gasteiger partial charge in [-0.05, 0) is 38.1 Å². The van der Waals surface area contributed by atoms with Crippen molar-refractivity contribution in [1.82, 2.24) is 5.32 Å². The number of nitrogens with one attached hydrogen (secondary N) is 1. The van der Waals surface area contributed by atoms with Gasteiger partial charge in [-0.1, -0.05) is 12.1 Å². The van der Waals surface area contributed by atoms with E-state index in [0.717, 1.165) is 16.9 Å². The average Bonchev–Trinajstić information content (AvgIpc) is 2.28. The van der Waals surface area contributed by atoms with Gasteiger partial charge in [0.1, 0.15) is 5.75 Å². The molecule has 0 aliphatic heterocycles. The predicted molar refractivity (Wildman–Crippen MR) is 66.4 cm³/mol. The molecule has 0 heterocycles. The maximum absolute atomic E-state index is 10.7. The fourth-order valence-corrected chi connectivity index (χ4v) is 1.77. The van der Waals surface area contributed by atoms with Crippen LogP contribution >= 0.6 is 0 Å². The molecule has 1 unspecified atom stereocenters.